The Labute approximate surface area is 106 Å². The molecule has 0 saturated carbocycles. The zero-order valence-corrected chi connectivity index (χ0v) is 10.8. The topological polar surface area (TPSA) is 95.9 Å². The summed E-state index contributed by atoms with van der Waals surface area (Å²) in [5.41, 5.74) is -1.43. The molecule has 1 aliphatic rings. The van der Waals surface area contributed by atoms with Crippen molar-refractivity contribution in [2.45, 2.75) is 44.8 Å². The zero-order chi connectivity index (χ0) is 13.8. The Bertz CT molecular complexity index is 316. The van der Waals surface area contributed by atoms with Gasteiger partial charge in [-0.25, -0.2) is 0 Å². The maximum Gasteiger partial charge on any atom is 0.306 e. The number of hydrogen-bond donors (Lipinski definition) is 3. The summed E-state index contributed by atoms with van der Waals surface area (Å²) in [6.45, 7) is 3.86. The van der Waals surface area contributed by atoms with Gasteiger partial charge in [0.1, 0.15) is 0 Å². The summed E-state index contributed by atoms with van der Waals surface area (Å²) in [5, 5.41) is 21.0. The molecule has 3 N–H and O–H groups in total. The Kier molecular flexibility index (Phi) is 5.10. The summed E-state index contributed by atoms with van der Waals surface area (Å²) in [6.07, 6.45) is 0.968. The third-order valence-electron chi connectivity index (χ3n) is 3.12. The second-order valence-electron chi connectivity index (χ2n) is 5.00. The van der Waals surface area contributed by atoms with E-state index in [0.29, 0.717) is 13.0 Å². The predicted octanol–water partition coefficient (Wildman–Crippen LogP) is 0.143. The van der Waals surface area contributed by atoms with Crippen molar-refractivity contribution in [2.24, 2.45) is 5.92 Å². The van der Waals surface area contributed by atoms with E-state index in [9.17, 15) is 14.7 Å². The van der Waals surface area contributed by atoms with Gasteiger partial charge in [-0.1, -0.05) is 6.92 Å². The number of carboxylic acids is 1. The van der Waals surface area contributed by atoms with E-state index in [1.807, 2.05) is 6.92 Å². The van der Waals surface area contributed by atoms with Crippen molar-refractivity contribution in [3.05, 3.63) is 0 Å². The van der Waals surface area contributed by atoms with Crippen LogP contribution >= 0.6 is 0 Å². The Morgan fingerprint density at radius 3 is 2.72 bits per heavy atom. The van der Waals surface area contributed by atoms with Crippen molar-refractivity contribution >= 4 is 11.9 Å². The molecule has 0 bridgehead atoms. The van der Waals surface area contributed by atoms with E-state index in [1.54, 1.807) is 0 Å². The highest BCUT2D eigenvalue weighted by Gasteiger charge is 2.34. The van der Waals surface area contributed by atoms with Crippen LogP contribution in [0.15, 0.2) is 0 Å². The summed E-state index contributed by atoms with van der Waals surface area (Å²) in [6, 6.07) is 0. The number of carbonyl (C=O) groups excluding carboxylic acids is 1. The van der Waals surface area contributed by atoms with Gasteiger partial charge in [0.25, 0.3) is 0 Å². The van der Waals surface area contributed by atoms with E-state index in [2.05, 4.69) is 5.32 Å². The van der Waals surface area contributed by atoms with Crippen LogP contribution in [0, 0.1) is 5.92 Å². The first-order valence-electron chi connectivity index (χ1n) is 6.19. The van der Waals surface area contributed by atoms with Gasteiger partial charge in [-0.05, 0) is 19.8 Å². The molecule has 0 aromatic rings. The van der Waals surface area contributed by atoms with Crippen LogP contribution in [0.5, 0.6) is 0 Å². The normalized spacial score (nSPS) is 26.6. The van der Waals surface area contributed by atoms with E-state index >= 15 is 0 Å². The number of rotatable bonds is 6. The molecule has 3 unspecified atom stereocenters. The number of nitrogens with one attached hydrogen (secondary N) is 1. The Balaban J connectivity index is 2.43. The maximum absolute atomic E-state index is 11.9. The third-order valence-corrected chi connectivity index (χ3v) is 3.12. The lowest BCUT2D eigenvalue weighted by molar-refractivity contribution is -0.142. The fourth-order valence-corrected chi connectivity index (χ4v) is 2.15. The van der Waals surface area contributed by atoms with Gasteiger partial charge in [-0.2, -0.15) is 0 Å². The molecular formula is C12H21NO5. The summed E-state index contributed by atoms with van der Waals surface area (Å²) in [4.78, 5) is 22.4. The van der Waals surface area contributed by atoms with Crippen molar-refractivity contribution in [2.75, 3.05) is 13.2 Å². The van der Waals surface area contributed by atoms with Gasteiger partial charge < -0.3 is 20.3 Å². The minimum Gasteiger partial charge on any atom is -0.481 e. The van der Waals surface area contributed by atoms with Gasteiger partial charge in [0.05, 0.1) is 24.0 Å². The molecule has 0 radical (unpaired) electrons. The number of hydrogen-bond acceptors (Lipinski definition) is 4. The van der Waals surface area contributed by atoms with Crippen LogP contribution < -0.4 is 5.32 Å². The van der Waals surface area contributed by atoms with Gasteiger partial charge in [0.2, 0.25) is 5.91 Å². The second kappa shape index (κ2) is 6.15. The van der Waals surface area contributed by atoms with E-state index in [-0.39, 0.29) is 24.5 Å². The van der Waals surface area contributed by atoms with Gasteiger partial charge in [-0.15, -0.1) is 0 Å². The van der Waals surface area contributed by atoms with Crippen molar-refractivity contribution in [3.63, 3.8) is 0 Å². The highest BCUT2D eigenvalue weighted by molar-refractivity contribution is 5.79. The molecule has 1 fully saturated rings. The number of carbonyl (C=O) groups is 2. The Morgan fingerprint density at radius 1 is 1.50 bits per heavy atom. The first-order chi connectivity index (χ1) is 8.35. The average molecular weight is 259 g/mol. The van der Waals surface area contributed by atoms with Crippen molar-refractivity contribution in [1.29, 1.82) is 0 Å². The molecule has 0 aliphatic carbocycles. The minimum absolute atomic E-state index is 0.0644. The minimum atomic E-state index is -1.43. The quantitative estimate of drug-likeness (QED) is 0.630. The monoisotopic (exact) mass is 259 g/mol. The molecule has 0 aromatic carbocycles. The van der Waals surface area contributed by atoms with Crippen LogP contribution in [0.4, 0.5) is 0 Å². The zero-order valence-electron chi connectivity index (χ0n) is 10.8. The van der Waals surface area contributed by atoms with Gasteiger partial charge >= 0.3 is 5.97 Å². The third kappa shape index (κ3) is 4.27. The molecule has 1 heterocycles. The van der Waals surface area contributed by atoms with Crippen molar-refractivity contribution in [3.8, 4) is 0 Å². The van der Waals surface area contributed by atoms with Crippen LogP contribution in [0.2, 0.25) is 0 Å². The van der Waals surface area contributed by atoms with Gasteiger partial charge in [-0.3, -0.25) is 9.59 Å². The SMILES string of the molecule is CCC1OCCC1C(=O)NCC(C)(O)CC(=O)O. The average Bonchev–Trinajstić information content (AvgIpc) is 2.72. The highest BCUT2D eigenvalue weighted by atomic mass is 16.5. The number of aliphatic hydroxyl groups is 1. The Hall–Kier alpha value is -1.14. The molecular weight excluding hydrogens is 238 g/mol. The second-order valence-corrected chi connectivity index (χ2v) is 5.00. The first-order valence-corrected chi connectivity index (χ1v) is 6.19. The molecule has 104 valence electrons. The van der Waals surface area contributed by atoms with E-state index in [1.165, 1.54) is 6.92 Å². The van der Waals surface area contributed by atoms with Crippen LogP contribution in [0.25, 0.3) is 0 Å². The molecule has 1 rings (SSSR count). The molecule has 18 heavy (non-hydrogen) atoms. The van der Waals surface area contributed by atoms with Crippen LogP contribution in [0.1, 0.15) is 33.1 Å². The Morgan fingerprint density at radius 2 is 2.17 bits per heavy atom. The molecule has 0 spiro atoms. The summed E-state index contributed by atoms with van der Waals surface area (Å²) < 4.78 is 5.41. The lowest BCUT2D eigenvalue weighted by Gasteiger charge is -2.23. The lowest BCUT2D eigenvalue weighted by atomic mass is 9.97. The summed E-state index contributed by atoms with van der Waals surface area (Å²) in [7, 11) is 0. The molecule has 1 amide bonds. The number of amides is 1. The van der Waals surface area contributed by atoms with E-state index in [0.717, 1.165) is 6.42 Å². The lowest BCUT2D eigenvalue weighted by Crippen LogP contribution is -2.45. The number of ether oxygens (including phenoxy) is 1. The van der Waals surface area contributed by atoms with Gasteiger partial charge in [0, 0.05) is 13.2 Å². The standard InChI is InChI=1S/C12H21NO5/c1-3-9-8(4-5-18-9)11(16)13-7-12(2,17)6-10(14)15/h8-9,17H,3-7H2,1-2H3,(H,13,16)(H,14,15). The maximum atomic E-state index is 11.9. The van der Waals surface area contributed by atoms with Crippen LogP contribution in [0.3, 0.4) is 0 Å². The van der Waals surface area contributed by atoms with Gasteiger partial charge in [0.15, 0.2) is 0 Å². The van der Waals surface area contributed by atoms with Crippen LogP contribution in [-0.4, -0.2) is 46.9 Å². The van der Waals surface area contributed by atoms with Crippen molar-refractivity contribution in [1.82, 2.24) is 5.32 Å². The molecule has 1 aliphatic heterocycles. The fourth-order valence-electron chi connectivity index (χ4n) is 2.15. The molecule has 6 heteroatoms. The fraction of sp³-hybridized carbons (Fsp3) is 0.833. The molecule has 6 nitrogen and oxygen atoms in total. The largest absolute Gasteiger partial charge is 0.481 e. The molecule has 0 aromatic heterocycles. The summed E-state index contributed by atoms with van der Waals surface area (Å²) >= 11 is 0. The first kappa shape index (κ1) is 14.9. The summed E-state index contributed by atoms with van der Waals surface area (Å²) in [5.74, 6) is -1.47. The predicted molar refractivity (Wildman–Crippen MR) is 64.0 cm³/mol. The highest BCUT2D eigenvalue weighted by Crippen LogP contribution is 2.23. The molecule has 1 saturated heterocycles. The number of aliphatic carboxylic acids is 1. The van der Waals surface area contributed by atoms with E-state index in [4.69, 9.17) is 9.84 Å². The number of carboxylic acid groups (broad SMARTS) is 1. The van der Waals surface area contributed by atoms with Crippen LogP contribution in [-0.2, 0) is 14.3 Å². The smallest absolute Gasteiger partial charge is 0.306 e. The van der Waals surface area contributed by atoms with Crippen molar-refractivity contribution < 1.29 is 24.5 Å². The molecule has 3 atom stereocenters. The van der Waals surface area contributed by atoms with E-state index < -0.39 is 18.0 Å².